The van der Waals surface area contributed by atoms with Crippen LogP contribution in [-0.4, -0.2) is 33.3 Å². The first-order valence-electron chi connectivity index (χ1n) is 9.58. The van der Waals surface area contributed by atoms with Crippen LogP contribution in [0, 0.1) is 0 Å². The lowest BCUT2D eigenvalue weighted by Gasteiger charge is -2.17. The van der Waals surface area contributed by atoms with E-state index in [0.717, 1.165) is 17.4 Å². The molecule has 0 aliphatic rings. The smallest absolute Gasteiger partial charge is 0.338 e. The van der Waals surface area contributed by atoms with Crippen LogP contribution >= 0.6 is 11.8 Å². The minimum atomic E-state index is -0.576. The van der Waals surface area contributed by atoms with E-state index in [-0.39, 0.29) is 18.3 Å². The van der Waals surface area contributed by atoms with Crippen LogP contribution < -0.4 is 16.6 Å². The van der Waals surface area contributed by atoms with Crippen molar-refractivity contribution in [2.24, 2.45) is 0 Å². The number of anilines is 2. The molecule has 3 rings (SSSR count). The fraction of sp³-hybridized carbons (Fsp3) is 0.182. The molecule has 0 saturated carbocycles. The number of thioether (sulfide) groups is 1. The third-order valence-corrected chi connectivity index (χ3v) is 5.31. The van der Waals surface area contributed by atoms with Gasteiger partial charge >= 0.3 is 5.97 Å². The largest absolute Gasteiger partial charge is 0.462 e. The zero-order valence-corrected chi connectivity index (χ0v) is 17.9. The lowest BCUT2D eigenvalue weighted by molar-refractivity contribution is -0.115. The van der Waals surface area contributed by atoms with Crippen LogP contribution in [0.2, 0.25) is 0 Å². The summed E-state index contributed by atoms with van der Waals surface area (Å²) in [6.07, 6.45) is 0. The lowest BCUT2D eigenvalue weighted by atomic mass is 10.2. The summed E-state index contributed by atoms with van der Waals surface area (Å²) in [6.45, 7) is 3.73. The van der Waals surface area contributed by atoms with Crippen molar-refractivity contribution in [2.45, 2.75) is 24.3 Å². The normalized spacial score (nSPS) is 11.5. The molecule has 1 atom stereocenters. The van der Waals surface area contributed by atoms with Gasteiger partial charge in [-0.15, -0.1) is 0 Å². The SMILES string of the molecule is CCOC(=O)c1ccc(NC(=O)C(C)Sc2nc(=O)cc(N)n2-c2ccccc2)cc1. The summed E-state index contributed by atoms with van der Waals surface area (Å²) in [6, 6.07) is 16.9. The number of hydrogen-bond acceptors (Lipinski definition) is 7. The summed E-state index contributed by atoms with van der Waals surface area (Å²) in [7, 11) is 0. The molecule has 31 heavy (non-hydrogen) atoms. The Morgan fingerprint density at radius 3 is 2.48 bits per heavy atom. The van der Waals surface area contributed by atoms with Crippen LogP contribution in [0.15, 0.2) is 70.6 Å². The maximum Gasteiger partial charge on any atom is 0.338 e. The molecular formula is C22H22N4O4S. The van der Waals surface area contributed by atoms with Crippen LogP contribution in [0.25, 0.3) is 5.69 Å². The van der Waals surface area contributed by atoms with Crippen LogP contribution in [0.1, 0.15) is 24.2 Å². The Labute approximate surface area is 183 Å². The van der Waals surface area contributed by atoms with Gasteiger partial charge in [-0.3, -0.25) is 14.2 Å². The summed E-state index contributed by atoms with van der Waals surface area (Å²) in [4.78, 5) is 40.4. The van der Waals surface area contributed by atoms with Crippen LogP contribution in [-0.2, 0) is 9.53 Å². The Hall–Kier alpha value is -3.59. The maximum atomic E-state index is 12.7. The minimum absolute atomic E-state index is 0.232. The summed E-state index contributed by atoms with van der Waals surface area (Å²) in [5.41, 5.74) is 7.25. The van der Waals surface area contributed by atoms with Gasteiger partial charge in [0.1, 0.15) is 5.82 Å². The molecule has 3 N–H and O–H groups in total. The number of amides is 1. The number of nitrogens with two attached hydrogens (primary N) is 1. The van der Waals surface area contributed by atoms with Crippen molar-refractivity contribution < 1.29 is 14.3 Å². The molecule has 0 aliphatic carbocycles. The minimum Gasteiger partial charge on any atom is -0.462 e. The van der Waals surface area contributed by atoms with Gasteiger partial charge < -0.3 is 15.8 Å². The fourth-order valence-corrected chi connectivity index (χ4v) is 3.69. The van der Waals surface area contributed by atoms with Crippen LogP contribution in [0.4, 0.5) is 11.5 Å². The second kappa shape index (κ2) is 9.94. The van der Waals surface area contributed by atoms with Gasteiger partial charge in [-0.2, -0.15) is 4.98 Å². The number of ether oxygens (including phenoxy) is 1. The van der Waals surface area contributed by atoms with Gasteiger partial charge in [0.05, 0.1) is 17.4 Å². The second-order valence-electron chi connectivity index (χ2n) is 6.52. The summed E-state index contributed by atoms with van der Waals surface area (Å²) in [5.74, 6) is -0.475. The van der Waals surface area contributed by atoms with Crippen molar-refractivity contribution in [3.63, 3.8) is 0 Å². The number of carbonyl (C=O) groups excluding carboxylic acids is 2. The van der Waals surface area contributed by atoms with Crippen LogP contribution in [0.5, 0.6) is 0 Å². The number of nitrogens with zero attached hydrogens (tertiary/aromatic N) is 2. The van der Waals surface area contributed by atoms with E-state index in [4.69, 9.17) is 10.5 Å². The van der Waals surface area contributed by atoms with E-state index in [0.29, 0.717) is 16.4 Å². The molecule has 0 radical (unpaired) electrons. The van der Waals surface area contributed by atoms with Crippen molar-refractivity contribution in [1.29, 1.82) is 0 Å². The number of benzene rings is 2. The van der Waals surface area contributed by atoms with Crippen LogP contribution in [0.3, 0.4) is 0 Å². The van der Waals surface area contributed by atoms with Gasteiger partial charge in [0, 0.05) is 17.4 Å². The number of aromatic nitrogens is 2. The van der Waals surface area contributed by atoms with Gasteiger partial charge in [-0.05, 0) is 50.2 Å². The Bertz CT molecular complexity index is 1130. The molecule has 9 heteroatoms. The molecule has 0 aliphatic heterocycles. The first-order valence-corrected chi connectivity index (χ1v) is 10.5. The highest BCUT2D eigenvalue weighted by molar-refractivity contribution is 8.00. The second-order valence-corrected chi connectivity index (χ2v) is 7.83. The summed E-state index contributed by atoms with van der Waals surface area (Å²) >= 11 is 1.12. The van der Waals surface area contributed by atoms with E-state index in [1.807, 2.05) is 30.3 Å². The third-order valence-electron chi connectivity index (χ3n) is 4.26. The Kier molecular flexibility index (Phi) is 7.09. The molecule has 0 spiro atoms. The molecule has 0 saturated heterocycles. The van der Waals surface area contributed by atoms with Crippen molar-refractivity contribution in [2.75, 3.05) is 17.7 Å². The molecule has 1 heterocycles. The molecule has 8 nitrogen and oxygen atoms in total. The number of nitrogens with one attached hydrogen (secondary N) is 1. The van der Waals surface area contributed by atoms with E-state index in [9.17, 15) is 14.4 Å². The molecular weight excluding hydrogens is 416 g/mol. The molecule has 0 bridgehead atoms. The molecule has 1 aromatic heterocycles. The van der Waals surface area contributed by atoms with E-state index in [1.165, 1.54) is 6.07 Å². The average Bonchev–Trinajstić information content (AvgIpc) is 2.74. The van der Waals surface area contributed by atoms with Gasteiger partial charge in [0.15, 0.2) is 5.16 Å². The van der Waals surface area contributed by atoms with Gasteiger partial charge in [0.2, 0.25) is 5.91 Å². The maximum absolute atomic E-state index is 12.7. The van der Waals surface area contributed by atoms with E-state index < -0.39 is 16.8 Å². The first kappa shape index (κ1) is 22.1. The van der Waals surface area contributed by atoms with E-state index in [2.05, 4.69) is 10.3 Å². The average molecular weight is 439 g/mol. The van der Waals surface area contributed by atoms with Gasteiger partial charge in [0.25, 0.3) is 5.56 Å². The van der Waals surface area contributed by atoms with Gasteiger partial charge in [-0.25, -0.2) is 4.79 Å². The monoisotopic (exact) mass is 438 g/mol. The highest BCUT2D eigenvalue weighted by Crippen LogP contribution is 2.26. The predicted molar refractivity (Wildman–Crippen MR) is 121 cm³/mol. The Balaban J connectivity index is 1.76. The zero-order valence-electron chi connectivity index (χ0n) is 17.1. The Morgan fingerprint density at radius 1 is 1.16 bits per heavy atom. The molecule has 3 aromatic rings. The standard InChI is InChI=1S/C22H22N4O4S/c1-3-30-21(29)15-9-11-16(12-10-15)24-20(28)14(2)31-22-25-19(27)13-18(23)26(22)17-7-5-4-6-8-17/h4-14H,3,23H2,1-2H3,(H,24,28). The highest BCUT2D eigenvalue weighted by atomic mass is 32.2. The van der Waals surface area contributed by atoms with Gasteiger partial charge in [-0.1, -0.05) is 30.0 Å². The zero-order chi connectivity index (χ0) is 22.4. The molecule has 160 valence electrons. The number of hydrogen-bond donors (Lipinski definition) is 2. The number of para-hydroxylation sites is 1. The number of carbonyl (C=O) groups is 2. The summed E-state index contributed by atoms with van der Waals surface area (Å²) < 4.78 is 6.57. The summed E-state index contributed by atoms with van der Waals surface area (Å²) in [5, 5.41) is 2.53. The number of nitrogen functional groups attached to an aromatic ring is 1. The molecule has 0 fully saturated rings. The number of esters is 1. The number of rotatable bonds is 7. The van der Waals surface area contributed by atoms with Crippen molar-refractivity contribution >= 4 is 35.1 Å². The fourth-order valence-electron chi connectivity index (χ4n) is 2.75. The van der Waals surface area contributed by atoms with Crippen molar-refractivity contribution in [3.8, 4) is 5.69 Å². The van der Waals surface area contributed by atoms with E-state index in [1.54, 1.807) is 42.7 Å². The van der Waals surface area contributed by atoms with Crippen molar-refractivity contribution in [3.05, 3.63) is 76.6 Å². The quantitative estimate of drug-likeness (QED) is 0.331. The topological polar surface area (TPSA) is 116 Å². The lowest BCUT2D eigenvalue weighted by Crippen LogP contribution is -2.24. The third kappa shape index (κ3) is 5.52. The van der Waals surface area contributed by atoms with E-state index >= 15 is 0 Å². The van der Waals surface area contributed by atoms with Crippen molar-refractivity contribution in [1.82, 2.24) is 9.55 Å². The first-order chi connectivity index (χ1) is 14.9. The molecule has 1 amide bonds. The molecule has 2 aromatic carbocycles. The Morgan fingerprint density at radius 2 is 1.84 bits per heavy atom. The predicted octanol–water partition coefficient (Wildman–Crippen LogP) is 3.11. The molecule has 1 unspecified atom stereocenters. The highest BCUT2D eigenvalue weighted by Gasteiger charge is 2.19.